The molecule has 0 saturated carbocycles. The predicted molar refractivity (Wildman–Crippen MR) is 91.9 cm³/mol. The highest BCUT2D eigenvalue weighted by Gasteiger charge is 2.17. The Morgan fingerprint density at radius 2 is 1.88 bits per heavy atom. The molecule has 0 unspecified atom stereocenters. The van der Waals surface area contributed by atoms with Gasteiger partial charge in [-0.2, -0.15) is 0 Å². The molecule has 2 amide bonds. The molecule has 1 rings (SSSR count). The van der Waals surface area contributed by atoms with Gasteiger partial charge in [0.2, 0.25) is 11.8 Å². The highest BCUT2D eigenvalue weighted by Crippen LogP contribution is 2.24. The monoisotopic (exact) mass is 336 g/mol. The van der Waals surface area contributed by atoms with Crippen molar-refractivity contribution < 1.29 is 14.5 Å². The minimum atomic E-state index is -0.487. The summed E-state index contributed by atoms with van der Waals surface area (Å²) >= 11 is 0. The summed E-state index contributed by atoms with van der Waals surface area (Å²) < 4.78 is 0. The van der Waals surface area contributed by atoms with Gasteiger partial charge in [-0.3, -0.25) is 24.6 Å². The summed E-state index contributed by atoms with van der Waals surface area (Å²) in [4.78, 5) is 36.1. The minimum absolute atomic E-state index is 0.0319. The number of hydrogen-bond donors (Lipinski definition) is 2. The van der Waals surface area contributed by atoms with Gasteiger partial charge in [0.1, 0.15) is 0 Å². The standard InChI is InChI=1S/C16H24N4O4/c1-5-19(9-15(21)17-11(2)3)10-16(22)18-13-7-6-8-14(12(13)4)20(23)24/h6-8,11H,5,9-10H2,1-4H3,(H,17,21)(H,18,22). The van der Waals surface area contributed by atoms with Crippen molar-refractivity contribution in [2.24, 2.45) is 0 Å². The lowest BCUT2D eigenvalue weighted by molar-refractivity contribution is -0.385. The number of amides is 2. The molecule has 0 spiro atoms. The number of benzene rings is 1. The van der Waals surface area contributed by atoms with Crippen LogP contribution < -0.4 is 10.6 Å². The van der Waals surface area contributed by atoms with Crippen LogP contribution in [-0.2, 0) is 9.59 Å². The summed E-state index contributed by atoms with van der Waals surface area (Å²) in [5.74, 6) is -0.469. The van der Waals surface area contributed by atoms with Crippen LogP contribution in [0, 0.1) is 17.0 Å². The third kappa shape index (κ3) is 5.96. The van der Waals surface area contributed by atoms with Crippen molar-refractivity contribution >= 4 is 23.2 Å². The third-order valence-corrected chi connectivity index (χ3v) is 3.41. The maximum absolute atomic E-state index is 12.2. The number of rotatable bonds is 8. The van der Waals surface area contributed by atoms with Gasteiger partial charge in [0.25, 0.3) is 5.69 Å². The third-order valence-electron chi connectivity index (χ3n) is 3.41. The van der Waals surface area contributed by atoms with E-state index in [9.17, 15) is 19.7 Å². The molecule has 1 aromatic rings. The Hall–Kier alpha value is -2.48. The number of nitrogens with one attached hydrogen (secondary N) is 2. The molecule has 8 nitrogen and oxygen atoms in total. The first-order chi connectivity index (χ1) is 11.2. The molecule has 0 bridgehead atoms. The van der Waals surface area contributed by atoms with Gasteiger partial charge in [0.15, 0.2) is 0 Å². The van der Waals surface area contributed by atoms with Crippen LogP contribution in [0.25, 0.3) is 0 Å². The van der Waals surface area contributed by atoms with E-state index in [4.69, 9.17) is 0 Å². The van der Waals surface area contributed by atoms with E-state index in [-0.39, 0.29) is 36.6 Å². The average molecular weight is 336 g/mol. The summed E-state index contributed by atoms with van der Waals surface area (Å²) in [5.41, 5.74) is 0.754. The summed E-state index contributed by atoms with van der Waals surface area (Å²) in [6.07, 6.45) is 0. The smallest absolute Gasteiger partial charge is 0.274 e. The van der Waals surface area contributed by atoms with Crippen LogP contribution in [-0.4, -0.2) is 47.3 Å². The van der Waals surface area contributed by atoms with E-state index in [0.29, 0.717) is 17.8 Å². The Labute approximate surface area is 141 Å². The molecule has 0 saturated heterocycles. The van der Waals surface area contributed by atoms with Crippen LogP contribution in [0.4, 0.5) is 11.4 Å². The second kappa shape index (κ2) is 8.97. The van der Waals surface area contributed by atoms with Gasteiger partial charge in [-0.25, -0.2) is 0 Å². The molecule has 0 fully saturated rings. The average Bonchev–Trinajstić information content (AvgIpc) is 2.47. The molecule has 132 valence electrons. The van der Waals surface area contributed by atoms with E-state index in [0.717, 1.165) is 0 Å². The number of hydrogen-bond acceptors (Lipinski definition) is 5. The second-order valence-corrected chi connectivity index (χ2v) is 5.78. The first-order valence-corrected chi connectivity index (χ1v) is 7.80. The van der Waals surface area contributed by atoms with Crippen molar-refractivity contribution in [2.45, 2.75) is 33.7 Å². The van der Waals surface area contributed by atoms with Crippen molar-refractivity contribution in [2.75, 3.05) is 25.0 Å². The highest BCUT2D eigenvalue weighted by molar-refractivity contribution is 5.93. The number of nitro benzene ring substituents is 1. The Morgan fingerprint density at radius 3 is 2.42 bits per heavy atom. The predicted octanol–water partition coefficient (Wildman–Crippen LogP) is 1.69. The van der Waals surface area contributed by atoms with E-state index in [1.165, 1.54) is 12.1 Å². The van der Waals surface area contributed by atoms with Crippen molar-refractivity contribution in [1.29, 1.82) is 0 Å². The van der Waals surface area contributed by atoms with Gasteiger partial charge >= 0.3 is 0 Å². The van der Waals surface area contributed by atoms with Crippen molar-refractivity contribution in [3.8, 4) is 0 Å². The van der Waals surface area contributed by atoms with Gasteiger partial charge in [-0.05, 0) is 33.4 Å². The maximum Gasteiger partial charge on any atom is 0.274 e. The molecular weight excluding hydrogens is 312 g/mol. The zero-order valence-electron chi connectivity index (χ0n) is 14.5. The quantitative estimate of drug-likeness (QED) is 0.555. The van der Waals surface area contributed by atoms with Crippen LogP contribution in [0.2, 0.25) is 0 Å². The zero-order chi connectivity index (χ0) is 18.3. The lowest BCUT2D eigenvalue weighted by Gasteiger charge is -2.20. The lowest BCUT2D eigenvalue weighted by atomic mass is 10.1. The number of carbonyl (C=O) groups is 2. The van der Waals surface area contributed by atoms with E-state index in [1.807, 2.05) is 20.8 Å². The van der Waals surface area contributed by atoms with E-state index >= 15 is 0 Å². The summed E-state index contributed by atoms with van der Waals surface area (Å²) in [6.45, 7) is 7.86. The molecule has 0 aliphatic heterocycles. The Balaban J connectivity index is 2.69. The fourth-order valence-electron chi connectivity index (χ4n) is 2.20. The number of nitro groups is 1. The van der Waals surface area contributed by atoms with Crippen LogP contribution in [0.5, 0.6) is 0 Å². The van der Waals surface area contributed by atoms with Crippen LogP contribution >= 0.6 is 0 Å². The van der Waals surface area contributed by atoms with Gasteiger partial charge in [-0.1, -0.05) is 13.0 Å². The summed E-state index contributed by atoms with van der Waals surface area (Å²) in [5, 5.41) is 16.4. The Morgan fingerprint density at radius 1 is 1.25 bits per heavy atom. The molecule has 24 heavy (non-hydrogen) atoms. The van der Waals surface area contributed by atoms with Crippen molar-refractivity contribution in [3.05, 3.63) is 33.9 Å². The maximum atomic E-state index is 12.2. The summed E-state index contributed by atoms with van der Waals surface area (Å²) in [7, 11) is 0. The molecule has 0 aliphatic rings. The van der Waals surface area contributed by atoms with Crippen LogP contribution in [0.15, 0.2) is 18.2 Å². The van der Waals surface area contributed by atoms with E-state index in [1.54, 1.807) is 17.9 Å². The lowest BCUT2D eigenvalue weighted by Crippen LogP contribution is -2.42. The molecule has 0 radical (unpaired) electrons. The first-order valence-electron chi connectivity index (χ1n) is 7.80. The van der Waals surface area contributed by atoms with Gasteiger partial charge in [-0.15, -0.1) is 0 Å². The molecule has 8 heteroatoms. The zero-order valence-corrected chi connectivity index (χ0v) is 14.5. The number of carbonyl (C=O) groups excluding carboxylic acids is 2. The van der Waals surface area contributed by atoms with E-state index < -0.39 is 4.92 Å². The van der Waals surface area contributed by atoms with Gasteiger partial charge < -0.3 is 10.6 Å². The minimum Gasteiger partial charge on any atom is -0.353 e. The van der Waals surface area contributed by atoms with Crippen molar-refractivity contribution in [3.63, 3.8) is 0 Å². The molecule has 0 aliphatic carbocycles. The SMILES string of the molecule is CCN(CC(=O)Nc1cccc([N+](=O)[O-])c1C)CC(=O)NC(C)C. The van der Waals surface area contributed by atoms with Gasteiger partial charge in [0.05, 0.1) is 29.3 Å². The first kappa shape index (κ1) is 19.6. The highest BCUT2D eigenvalue weighted by atomic mass is 16.6. The van der Waals surface area contributed by atoms with Gasteiger partial charge in [0, 0.05) is 12.1 Å². The van der Waals surface area contributed by atoms with Crippen LogP contribution in [0.3, 0.4) is 0 Å². The fraction of sp³-hybridized carbons (Fsp3) is 0.500. The normalized spacial score (nSPS) is 10.8. The van der Waals surface area contributed by atoms with E-state index in [2.05, 4.69) is 10.6 Å². The summed E-state index contributed by atoms with van der Waals surface area (Å²) in [6, 6.07) is 4.56. The Kier molecular flexibility index (Phi) is 7.31. The molecule has 0 atom stereocenters. The fourth-order valence-corrected chi connectivity index (χ4v) is 2.20. The van der Waals surface area contributed by atoms with Crippen molar-refractivity contribution in [1.82, 2.24) is 10.2 Å². The van der Waals surface area contributed by atoms with Crippen LogP contribution in [0.1, 0.15) is 26.3 Å². The molecular formula is C16H24N4O4. The largest absolute Gasteiger partial charge is 0.353 e. The number of anilines is 1. The Bertz CT molecular complexity index is 616. The number of nitrogens with zero attached hydrogens (tertiary/aromatic N) is 2. The second-order valence-electron chi connectivity index (χ2n) is 5.78. The molecule has 0 heterocycles. The number of likely N-dealkylation sites (N-methyl/N-ethyl adjacent to an activating group) is 1. The molecule has 0 aromatic heterocycles. The topological polar surface area (TPSA) is 105 Å². The molecule has 1 aromatic carbocycles. The molecule has 2 N–H and O–H groups in total.